The van der Waals surface area contributed by atoms with Crippen LogP contribution in [0.3, 0.4) is 0 Å². The number of ether oxygens (including phenoxy) is 1. The van der Waals surface area contributed by atoms with Gasteiger partial charge < -0.3 is 4.74 Å². The summed E-state index contributed by atoms with van der Waals surface area (Å²) < 4.78 is 6.91. The van der Waals surface area contributed by atoms with Crippen LogP contribution in [0.15, 0.2) is 94.9 Å². The summed E-state index contributed by atoms with van der Waals surface area (Å²) >= 11 is 1.53. The zero-order valence-electron chi connectivity index (χ0n) is 16.0. The summed E-state index contributed by atoms with van der Waals surface area (Å²) in [5.41, 5.74) is 2.54. The van der Waals surface area contributed by atoms with Gasteiger partial charge in [0.15, 0.2) is 5.16 Å². The molecule has 5 heteroatoms. The van der Waals surface area contributed by atoms with E-state index in [-0.39, 0.29) is 5.56 Å². The van der Waals surface area contributed by atoms with E-state index in [9.17, 15) is 4.79 Å². The number of methoxy groups -OCH3 is 1. The van der Waals surface area contributed by atoms with Gasteiger partial charge in [0.2, 0.25) is 0 Å². The van der Waals surface area contributed by atoms with Crippen molar-refractivity contribution >= 4 is 28.7 Å². The SMILES string of the molecule is COc1ccc(-n2c(SC/C=C/c3ccccc3)nc3ccccc3c2=O)cc1. The molecule has 0 bridgehead atoms. The van der Waals surface area contributed by atoms with E-state index in [0.29, 0.717) is 21.8 Å². The first-order valence-electron chi connectivity index (χ1n) is 9.27. The van der Waals surface area contributed by atoms with E-state index in [2.05, 4.69) is 24.3 Å². The first-order valence-corrected chi connectivity index (χ1v) is 10.3. The Hall–Kier alpha value is -3.31. The summed E-state index contributed by atoms with van der Waals surface area (Å²) in [5.74, 6) is 1.45. The fourth-order valence-corrected chi connectivity index (χ4v) is 3.86. The third-order valence-electron chi connectivity index (χ3n) is 4.49. The molecule has 3 aromatic carbocycles. The Kier molecular flexibility index (Phi) is 5.77. The Balaban J connectivity index is 1.71. The molecular weight excluding hydrogens is 380 g/mol. The van der Waals surface area contributed by atoms with Crippen molar-refractivity contribution in [3.8, 4) is 11.4 Å². The quantitative estimate of drug-likeness (QED) is 0.330. The summed E-state index contributed by atoms with van der Waals surface area (Å²) in [5, 5.41) is 1.27. The van der Waals surface area contributed by atoms with Crippen LogP contribution in [0.1, 0.15) is 5.56 Å². The van der Waals surface area contributed by atoms with Crippen molar-refractivity contribution in [2.24, 2.45) is 0 Å². The Morgan fingerprint density at radius 1 is 0.966 bits per heavy atom. The molecule has 0 atom stereocenters. The molecule has 0 N–H and O–H groups in total. The van der Waals surface area contributed by atoms with Gasteiger partial charge in [-0.2, -0.15) is 0 Å². The number of nitrogens with zero attached hydrogens (tertiary/aromatic N) is 2. The lowest BCUT2D eigenvalue weighted by molar-refractivity contribution is 0.414. The third-order valence-corrected chi connectivity index (χ3v) is 5.39. The molecule has 1 heterocycles. The van der Waals surface area contributed by atoms with Crippen LogP contribution in [0.5, 0.6) is 5.75 Å². The molecule has 0 unspecified atom stereocenters. The van der Waals surface area contributed by atoms with E-state index in [1.54, 1.807) is 11.7 Å². The van der Waals surface area contributed by atoms with Gasteiger partial charge in [0.05, 0.1) is 23.7 Å². The zero-order chi connectivity index (χ0) is 20.1. The molecule has 144 valence electrons. The number of hydrogen-bond donors (Lipinski definition) is 0. The molecule has 29 heavy (non-hydrogen) atoms. The number of para-hydroxylation sites is 1. The van der Waals surface area contributed by atoms with Gasteiger partial charge in [0.25, 0.3) is 5.56 Å². The van der Waals surface area contributed by atoms with E-state index in [1.165, 1.54) is 11.8 Å². The van der Waals surface area contributed by atoms with Gasteiger partial charge in [0, 0.05) is 5.75 Å². The normalized spacial score (nSPS) is 11.2. The van der Waals surface area contributed by atoms with Crippen molar-refractivity contribution in [1.82, 2.24) is 9.55 Å². The Morgan fingerprint density at radius 3 is 2.45 bits per heavy atom. The molecule has 0 aliphatic rings. The summed E-state index contributed by atoms with van der Waals surface area (Å²) in [7, 11) is 1.62. The number of aromatic nitrogens is 2. The molecule has 0 radical (unpaired) electrons. The molecule has 0 fully saturated rings. The van der Waals surface area contributed by atoms with Crippen LogP contribution in [-0.4, -0.2) is 22.4 Å². The van der Waals surface area contributed by atoms with Gasteiger partial charge in [-0.25, -0.2) is 4.98 Å². The fraction of sp³-hybridized carbons (Fsp3) is 0.0833. The van der Waals surface area contributed by atoms with Crippen molar-refractivity contribution in [3.05, 3.63) is 101 Å². The summed E-state index contributed by atoms with van der Waals surface area (Å²) in [6.07, 6.45) is 4.16. The maximum atomic E-state index is 13.2. The van der Waals surface area contributed by atoms with Crippen LogP contribution in [0.2, 0.25) is 0 Å². The smallest absolute Gasteiger partial charge is 0.266 e. The molecule has 4 rings (SSSR count). The number of rotatable bonds is 6. The van der Waals surface area contributed by atoms with Gasteiger partial charge in [-0.05, 0) is 42.0 Å². The number of hydrogen-bond acceptors (Lipinski definition) is 4. The molecule has 0 saturated carbocycles. The largest absolute Gasteiger partial charge is 0.497 e. The Bertz CT molecular complexity index is 1200. The maximum absolute atomic E-state index is 13.2. The minimum atomic E-state index is -0.0738. The first-order chi connectivity index (χ1) is 14.3. The zero-order valence-corrected chi connectivity index (χ0v) is 16.8. The second kappa shape index (κ2) is 8.80. The summed E-state index contributed by atoms with van der Waals surface area (Å²) in [6.45, 7) is 0. The van der Waals surface area contributed by atoms with Crippen LogP contribution in [-0.2, 0) is 0 Å². The summed E-state index contributed by atoms with van der Waals surface area (Å²) in [4.78, 5) is 18.0. The lowest BCUT2D eigenvalue weighted by Gasteiger charge is -2.13. The molecule has 1 aromatic heterocycles. The van der Waals surface area contributed by atoms with Gasteiger partial charge in [0.1, 0.15) is 5.75 Å². The second-order valence-electron chi connectivity index (χ2n) is 6.37. The fourth-order valence-electron chi connectivity index (χ4n) is 3.04. The van der Waals surface area contributed by atoms with Gasteiger partial charge in [-0.1, -0.05) is 66.4 Å². The maximum Gasteiger partial charge on any atom is 0.266 e. The topological polar surface area (TPSA) is 44.1 Å². The highest BCUT2D eigenvalue weighted by molar-refractivity contribution is 7.99. The van der Waals surface area contributed by atoms with Crippen LogP contribution >= 0.6 is 11.8 Å². The van der Waals surface area contributed by atoms with E-state index in [4.69, 9.17) is 9.72 Å². The van der Waals surface area contributed by atoms with Gasteiger partial charge in [-0.3, -0.25) is 9.36 Å². The monoisotopic (exact) mass is 400 g/mol. The number of thioether (sulfide) groups is 1. The second-order valence-corrected chi connectivity index (χ2v) is 7.36. The highest BCUT2D eigenvalue weighted by Gasteiger charge is 2.13. The van der Waals surface area contributed by atoms with Gasteiger partial charge >= 0.3 is 0 Å². The number of benzene rings is 3. The lowest BCUT2D eigenvalue weighted by atomic mass is 10.2. The van der Waals surface area contributed by atoms with E-state index in [0.717, 1.165) is 17.0 Å². The molecule has 4 aromatic rings. The Labute approximate surface area is 173 Å². The third kappa shape index (κ3) is 4.25. The van der Waals surface area contributed by atoms with E-state index in [1.807, 2.05) is 66.7 Å². The van der Waals surface area contributed by atoms with Crippen molar-refractivity contribution in [2.45, 2.75) is 5.16 Å². The molecule has 4 nitrogen and oxygen atoms in total. The van der Waals surface area contributed by atoms with Crippen LogP contribution < -0.4 is 10.3 Å². The van der Waals surface area contributed by atoms with E-state index >= 15 is 0 Å². The van der Waals surface area contributed by atoms with Crippen LogP contribution in [0.4, 0.5) is 0 Å². The average molecular weight is 401 g/mol. The van der Waals surface area contributed by atoms with Crippen molar-refractivity contribution in [3.63, 3.8) is 0 Å². The van der Waals surface area contributed by atoms with Gasteiger partial charge in [-0.15, -0.1) is 0 Å². The molecule has 0 saturated heterocycles. The molecule has 0 aliphatic heterocycles. The minimum Gasteiger partial charge on any atom is -0.497 e. The minimum absolute atomic E-state index is 0.0738. The van der Waals surface area contributed by atoms with Crippen LogP contribution in [0, 0.1) is 0 Å². The summed E-state index contributed by atoms with van der Waals surface area (Å²) in [6, 6.07) is 25.0. The standard InChI is InChI=1S/C24H20N2O2S/c1-28-20-15-13-19(14-16-20)26-23(27)21-11-5-6-12-22(21)25-24(26)29-17-7-10-18-8-3-2-4-9-18/h2-16H,17H2,1H3/b10-7+. The highest BCUT2D eigenvalue weighted by atomic mass is 32.2. The highest BCUT2D eigenvalue weighted by Crippen LogP contribution is 2.23. The van der Waals surface area contributed by atoms with Crippen molar-refractivity contribution < 1.29 is 4.74 Å². The predicted molar refractivity (Wildman–Crippen MR) is 120 cm³/mol. The van der Waals surface area contributed by atoms with Crippen LogP contribution in [0.25, 0.3) is 22.7 Å². The first kappa shape index (κ1) is 19.0. The van der Waals surface area contributed by atoms with E-state index < -0.39 is 0 Å². The molecule has 0 amide bonds. The lowest BCUT2D eigenvalue weighted by Crippen LogP contribution is -2.21. The average Bonchev–Trinajstić information content (AvgIpc) is 2.78. The van der Waals surface area contributed by atoms with Crippen molar-refractivity contribution in [2.75, 3.05) is 12.9 Å². The number of fused-ring (bicyclic) bond motifs is 1. The van der Waals surface area contributed by atoms with Crippen molar-refractivity contribution in [1.29, 1.82) is 0 Å². The molecular formula is C24H20N2O2S. The predicted octanol–water partition coefficient (Wildman–Crippen LogP) is 5.20. The molecule has 0 spiro atoms. The Morgan fingerprint density at radius 2 is 1.69 bits per heavy atom. The molecule has 0 aliphatic carbocycles.